The molecule has 1 aromatic carbocycles. The number of hydrogen-bond acceptors (Lipinski definition) is 2. The molecule has 0 aliphatic rings. The fraction of sp³-hybridized carbons (Fsp3) is 0.250. The lowest BCUT2D eigenvalue weighted by Crippen LogP contribution is -2.13. The normalized spacial score (nSPS) is 10.8. The Labute approximate surface area is 69.0 Å². The molecule has 2 nitrogen and oxygen atoms in total. The van der Waals surface area contributed by atoms with Crippen LogP contribution in [0, 0.1) is 11.6 Å². The van der Waals surface area contributed by atoms with E-state index in [1.807, 2.05) is 0 Å². The zero-order chi connectivity index (χ0) is 9.14. The Morgan fingerprint density at radius 2 is 2.08 bits per heavy atom. The summed E-state index contributed by atoms with van der Waals surface area (Å²) in [6.07, 6.45) is 0. The largest absolute Gasteiger partial charge is 0.314 e. The molecule has 0 saturated heterocycles. The van der Waals surface area contributed by atoms with Gasteiger partial charge in [-0.15, -0.1) is 0 Å². The van der Waals surface area contributed by atoms with E-state index in [2.05, 4.69) is 0 Å². The van der Waals surface area contributed by atoms with Crippen molar-refractivity contribution in [3.8, 4) is 0 Å². The van der Waals surface area contributed by atoms with Gasteiger partial charge in [0.15, 0.2) is 11.6 Å². The molecular weight excluding hydrogens is 164 g/mol. The Bertz CT molecular complexity index is 276. The average Bonchev–Trinajstić information content (AvgIpc) is 1.98. The first-order chi connectivity index (χ1) is 5.61. The predicted molar refractivity (Wildman–Crippen MR) is 39.6 cm³/mol. The summed E-state index contributed by atoms with van der Waals surface area (Å²) >= 11 is 0. The highest BCUT2D eigenvalue weighted by atomic mass is 19.2. The van der Waals surface area contributed by atoms with Crippen molar-refractivity contribution in [3.63, 3.8) is 0 Å². The number of nitrogens with zero attached hydrogens (tertiary/aromatic N) is 1. The lowest BCUT2D eigenvalue weighted by atomic mass is 10.2. The molecule has 0 unspecified atom stereocenters. The Kier molecular flexibility index (Phi) is 2.73. The maximum atomic E-state index is 12.8. The Hall–Kier alpha value is -1.00. The van der Waals surface area contributed by atoms with E-state index in [0.717, 1.165) is 11.1 Å². The smallest absolute Gasteiger partial charge is 0.163 e. The lowest BCUT2D eigenvalue weighted by Gasteiger charge is -2.08. The van der Waals surface area contributed by atoms with E-state index in [0.29, 0.717) is 0 Å². The standard InChI is InChI=1S/C8H9F2NO/c1-11(12)5-6-3-2-4-7(9)8(6)10/h2-4,12H,5H2,1H3. The molecule has 4 heteroatoms. The lowest BCUT2D eigenvalue weighted by molar-refractivity contribution is -0.0739. The van der Waals surface area contributed by atoms with E-state index in [1.165, 1.54) is 19.2 Å². The molecule has 0 bridgehead atoms. The second-order valence-corrected chi connectivity index (χ2v) is 2.53. The van der Waals surface area contributed by atoms with Crippen molar-refractivity contribution in [2.24, 2.45) is 0 Å². The minimum atomic E-state index is -0.904. The van der Waals surface area contributed by atoms with E-state index in [4.69, 9.17) is 5.21 Å². The maximum Gasteiger partial charge on any atom is 0.163 e. The highest BCUT2D eigenvalue weighted by Crippen LogP contribution is 2.11. The van der Waals surface area contributed by atoms with E-state index in [9.17, 15) is 8.78 Å². The second kappa shape index (κ2) is 3.60. The first kappa shape index (κ1) is 9.09. The average molecular weight is 173 g/mol. The van der Waals surface area contributed by atoms with Gasteiger partial charge in [-0.3, -0.25) is 0 Å². The SMILES string of the molecule is CN(O)Cc1cccc(F)c1F. The zero-order valence-corrected chi connectivity index (χ0v) is 6.59. The van der Waals surface area contributed by atoms with Crippen LogP contribution in [0.3, 0.4) is 0 Å². The summed E-state index contributed by atoms with van der Waals surface area (Å²) in [5.74, 6) is -1.80. The third-order valence-corrected chi connectivity index (χ3v) is 1.43. The van der Waals surface area contributed by atoms with Gasteiger partial charge in [0, 0.05) is 12.6 Å². The van der Waals surface area contributed by atoms with Gasteiger partial charge in [0.1, 0.15) is 0 Å². The molecule has 0 aliphatic carbocycles. The summed E-state index contributed by atoms with van der Waals surface area (Å²) in [4.78, 5) is 0. The Morgan fingerprint density at radius 1 is 1.42 bits per heavy atom. The van der Waals surface area contributed by atoms with Crippen LogP contribution in [0.5, 0.6) is 0 Å². The van der Waals surface area contributed by atoms with Gasteiger partial charge in [-0.25, -0.2) is 8.78 Å². The summed E-state index contributed by atoms with van der Waals surface area (Å²) < 4.78 is 25.4. The van der Waals surface area contributed by atoms with Crippen LogP contribution in [0.15, 0.2) is 18.2 Å². The molecule has 0 aromatic heterocycles. The van der Waals surface area contributed by atoms with Crippen molar-refractivity contribution in [2.75, 3.05) is 7.05 Å². The van der Waals surface area contributed by atoms with E-state index < -0.39 is 11.6 Å². The van der Waals surface area contributed by atoms with Crippen molar-refractivity contribution >= 4 is 0 Å². The van der Waals surface area contributed by atoms with Crippen LogP contribution in [0.2, 0.25) is 0 Å². The fourth-order valence-corrected chi connectivity index (χ4v) is 0.917. The minimum absolute atomic E-state index is 0.0242. The van der Waals surface area contributed by atoms with Crippen molar-refractivity contribution < 1.29 is 14.0 Å². The number of rotatable bonds is 2. The van der Waals surface area contributed by atoms with Gasteiger partial charge in [-0.1, -0.05) is 12.1 Å². The second-order valence-electron chi connectivity index (χ2n) is 2.53. The first-order valence-corrected chi connectivity index (χ1v) is 3.44. The fourth-order valence-electron chi connectivity index (χ4n) is 0.917. The topological polar surface area (TPSA) is 23.5 Å². The van der Waals surface area contributed by atoms with Crippen LogP contribution in [0.4, 0.5) is 8.78 Å². The number of hydroxylamine groups is 2. The summed E-state index contributed by atoms with van der Waals surface area (Å²) in [6, 6.07) is 3.86. The van der Waals surface area contributed by atoms with Gasteiger partial charge in [-0.2, -0.15) is 5.06 Å². The molecular formula is C8H9F2NO. The van der Waals surface area contributed by atoms with Gasteiger partial charge < -0.3 is 5.21 Å². The highest BCUT2D eigenvalue weighted by Gasteiger charge is 2.07. The van der Waals surface area contributed by atoms with Crippen LogP contribution < -0.4 is 0 Å². The van der Waals surface area contributed by atoms with Gasteiger partial charge in [0.05, 0.1) is 6.54 Å². The molecule has 0 fully saturated rings. The molecule has 1 aromatic rings. The molecule has 0 atom stereocenters. The van der Waals surface area contributed by atoms with Crippen molar-refractivity contribution in [3.05, 3.63) is 35.4 Å². The summed E-state index contributed by atoms with van der Waals surface area (Å²) in [7, 11) is 1.37. The maximum absolute atomic E-state index is 12.8. The third kappa shape index (κ3) is 1.99. The molecule has 66 valence electrons. The van der Waals surface area contributed by atoms with Crippen LogP contribution in [-0.2, 0) is 6.54 Å². The van der Waals surface area contributed by atoms with Crippen LogP contribution >= 0.6 is 0 Å². The monoisotopic (exact) mass is 173 g/mol. The molecule has 12 heavy (non-hydrogen) atoms. The molecule has 0 saturated carbocycles. The van der Waals surface area contributed by atoms with Gasteiger partial charge in [0.2, 0.25) is 0 Å². The predicted octanol–water partition coefficient (Wildman–Crippen LogP) is 1.79. The molecule has 0 aliphatic heterocycles. The summed E-state index contributed by atoms with van der Waals surface area (Å²) in [6.45, 7) is -0.0242. The van der Waals surface area contributed by atoms with Crippen molar-refractivity contribution in [1.29, 1.82) is 0 Å². The molecule has 0 amide bonds. The van der Waals surface area contributed by atoms with E-state index in [-0.39, 0.29) is 12.1 Å². The summed E-state index contributed by atoms with van der Waals surface area (Å²) in [5, 5.41) is 9.55. The molecule has 1 N–H and O–H groups in total. The Morgan fingerprint density at radius 3 is 2.67 bits per heavy atom. The molecule has 1 rings (SSSR count). The van der Waals surface area contributed by atoms with Crippen LogP contribution in [0.1, 0.15) is 5.56 Å². The zero-order valence-electron chi connectivity index (χ0n) is 6.59. The minimum Gasteiger partial charge on any atom is -0.314 e. The van der Waals surface area contributed by atoms with Gasteiger partial charge >= 0.3 is 0 Å². The van der Waals surface area contributed by atoms with Crippen molar-refractivity contribution in [1.82, 2.24) is 5.06 Å². The number of hydrogen-bond donors (Lipinski definition) is 1. The number of halogens is 2. The van der Waals surface area contributed by atoms with Crippen molar-refractivity contribution in [2.45, 2.75) is 6.54 Å². The Balaban J connectivity index is 2.92. The van der Waals surface area contributed by atoms with E-state index in [1.54, 1.807) is 0 Å². The highest BCUT2D eigenvalue weighted by molar-refractivity contribution is 5.18. The van der Waals surface area contributed by atoms with Gasteiger partial charge in [-0.05, 0) is 6.07 Å². The van der Waals surface area contributed by atoms with Crippen LogP contribution in [-0.4, -0.2) is 17.3 Å². The molecule has 0 spiro atoms. The van der Waals surface area contributed by atoms with E-state index >= 15 is 0 Å². The third-order valence-electron chi connectivity index (χ3n) is 1.43. The quantitative estimate of drug-likeness (QED) is 0.689. The number of benzene rings is 1. The van der Waals surface area contributed by atoms with Gasteiger partial charge in [0.25, 0.3) is 0 Å². The first-order valence-electron chi connectivity index (χ1n) is 3.44. The molecule has 0 heterocycles. The summed E-state index contributed by atoms with van der Waals surface area (Å²) in [5.41, 5.74) is 0.139. The van der Waals surface area contributed by atoms with Crippen LogP contribution in [0.25, 0.3) is 0 Å². The molecule has 0 radical (unpaired) electrons.